The van der Waals surface area contributed by atoms with Crippen LogP contribution in [0.3, 0.4) is 0 Å². The van der Waals surface area contributed by atoms with Crippen molar-refractivity contribution in [3.63, 3.8) is 0 Å². The molecule has 2 aromatic carbocycles. The highest BCUT2D eigenvalue weighted by atomic mass is 19.1. The van der Waals surface area contributed by atoms with E-state index in [2.05, 4.69) is 10.5 Å². The van der Waals surface area contributed by atoms with E-state index in [0.29, 0.717) is 23.1 Å². The highest BCUT2D eigenvalue weighted by Crippen LogP contribution is 2.20. The number of carbonyl (C=O) groups excluding carboxylic acids is 1. The second-order valence-electron chi connectivity index (χ2n) is 5.00. The van der Waals surface area contributed by atoms with Gasteiger partial charge in [-0.2, -0.15) is 0 Å². The minimum absolute atomic E-state index is 0.000342. The summed E-state index contributed by atoms with van der Waals surface area (Å²) >= 11 is 0. The van der Waals surface area contributed by atoms with Crippen LogP contribution in [0.25, 0.3) is 11.3 Å². The SMILES string of the molecule is O=C(NCc1cc(-c2ccc(F)cc2)on1)c1ccc(F)cc1F. The van der Waals surface area contributed by atoms with Crippen LogP contribution in [-0.2, 0) is 6.54 Å². The standard InChI is InChI=1S/C17H11F3N2O2/c18-11-3-1-10(2-4-11)16-8-13(22-24-16)9-21-17(23)14-6-5-12(19)7-15(14)20/h1-8H,9H2,(H,21,23). The molecule has 0 atom stereocenters. The molecule has 0 radical (unpaired) electrons. The predicted molar refractivity (Wildman–Crippen MR) is 79.4 cm³/mol. The van der Waals surface area contributed by atoms with Crippen molar-refractivity contribution in [1.82, 2.24) is 10.5 Å². The average Bonchev–Trinajstić information content (AvgIpc) is 3.02. The van der Waals surface area contributed by atoms with E-state index in [-0.39, 0.29) is 17.9 Å². The van der Waals surface area contributed by atoms with Gasteiger partial charge in [-0.15, -0.1) is 0 Å². The van der Waals surface area contributed by atoms with Crippen molar-refractivity contribution < 1.29 is 22.5 Å². The van der Waals surface area contributed by atoms with Crippen LogP contribution >= 0.6 is 0 Å². The Kier molecular flexibility index (Phi) is 4.33. The molecule has 122 valence electrons. The summed E-state index contributed by atoms with van der Waals surface area (Å²) in [5.41, 5.74) is 0.773. The minimum Gasteiger partial charge on any atom is -0.356 e. The van der Waals surface area contributed by atoms with Gasteiger partial charge < -0.3 is 9.84 Å². The molecule has 1 N–H and O–H groups in total. The number of halogens is 3. The van der Waals surface area contributed by atoms with Gasteiger partial charge in [-0.1, -0.05) is 5.16 Å². The molecule has 1 aromatic heterocycles. The molecule has 0 saturated carbocycles. The molecule has 3 rings (SSSR count). The average molecular weight is 332 g/mol. The molecule has 0 unspecified atom stereocenters. The van der Waals surface area contributed by atoms with Crippen molar-refractivity contribution >= 4 is 5.91 Å². The first-order chi connectivity index (χ1) is 11.5. The number of rotatable bonds is 4. The van der Waals surface area contributed by atoms with Crippen LogP contribution in [0, 0.1) is 17.5 Å². The molecular formula is C17H11F3N2O2. The Labute approximate surface area is 134 Å². The van der Waals surface area contributed by atoms with Gasteiger partial charge in [-0.25, -0.2) is 13.2 Å². The van der Waals surface area contributed by atoms with Gasteiger partial charge in [-0.05, 0) is 36.4 Å². The molecule has 0 aliphatic heterocycles. The summed E-state index contributed by atoms with van der Waals surface area (Å²) < 4.78 is 44.4. The van der Waals surface area contributed by atoms with Gasteiger partial charge in [0.05, 0.1) is 12.1 Å². The molecule has 0 spiro atoms. The predicted octanol–water partition coefficient (Wildman–Crippen LogP) is 3.69. The van der Waals surface area contributed by atoms with Crippen LogP contribution in [0.5, 0.6) is 0 Å². The molecule has 0 bridgehead atoms. The number of nitrogens with zero attached hydrogens (tertiary/aromatic N) is 1. The first kappa shape index (κ1) is 15.8. The number of nitrogens with one attached hydrogen (secondary N) is 1. The monoisotopic (exact) mass is 332 g/mol. The van der Waals surface area contributed by atoms with Crippen LogP contribution < -0.4 is 5.32 Å². The molecular weight excluding hydrogens is 321 g/mol. The molecule has 4 nitrogen and oxygen atoms in total. The Morgan fingerprint density at radius 1 is 1.00 bits per heavy atom. The Hall–Kier alpha value is -3.09. The number of hydrogen-bond donors (Lipinski definition) is 1. The van der Waals surface area contributed by atoms with Crippen molar-refractivity contribution in [2.24, 2.45) is 0 Å². The van der Waals surface area contributed by atoms with E-state index in [4.69, 9.17) is 4.52 Å². The van der Waals surface area contributed by atoms with Gasteiger partial charge in [0.15, 0.2) is 5.76 Å². The molecule has 1 amide bonds. The minimum atomic E-state index is -0.945. The van der Waals surface area contributed by atoms with Crippen molar-refractivity contribution in [1.29, 1.82) is 0 Å². The number of amides is 1. The Balaban J connectivity index is 1.67. The lowest BCUT2D eigenvalue weighted by Crippen LogP contribution is -2.24. The Bertz CT molecular complexity index is 876. The van der Waals surface area contributed by atoms with Gasteiger partial charge in [0.2, 0.25) is 0 Å². The second kappa shape index (κ2) is 6.57. The molecule has 3 aromatic rings. The highest BCUT2D eigenvalue weighted by molar-refractivity contribution is 5.94. The number of aromatic nitrogens is 1. The lowest BCUT2D eigenvalue weighted by Gasteiger charge is -2.04. The molecule has 0 fully saturated rings. The van der Waals surface area contributed by atoms with Gasteiger partial charge in [0, 0.05) is 17.7 Å². The second-order valence-corrected chi connectivity index (χ2v) is 5.00. The quantitative estimate of drug-likeness (QED) is 0.793. The number of benzene rings is 2. The van der Waals surface area contributed by atoms with Gasteiger partial charge >= 0.3 is 0 Å². The van der Waals surface area contributed by atoms with Crippen molar-refractivity contribution in [3.05, 3.63) is 77.2 Å². The van der Waals surface area contributed by atoms with Crippen LogP contribution in [0.1, 0.15) is 16.1 Å². The summed E-state index contributed by atoms with van der Waals surface area (Å²) in [4.78, 5) is 11.9. The topological polar surface area (TPSA) is 55.1 Å². The third-order valence-electron chi connectivity index (χ3n) is 3.29. The number of carbonyl (C=O) groups is 1. The van der Waals surface area contributed by atoms with Gasteiger partial charge in [-0.3, -0.25) is 4.79 Å². The van der Waals surface area contributed by atoms with Crippen LogP contribution in [0.4, 0.5) is 13.2 Å². The zero-order valence-corrected chi connectivity index (χ0v) is 12.2. The molecule has 1 heterocycles. The van der Waals surface area contributed by atoms with Crippen LogP contribution in [-0.4, -0.2) is 11.1 Å². The fraction of sp³-hybridized carbons (Fsp3) is 0.0588. The maximum Gasteiger partial charge on any atom is 0.254 e. The molecule has 0 aliphatic rings. The smallest absolute Gasteiger partial charge is 0.254 e. The largest absolute Gasteiger partial charge is 0.356 e. The fourth-order valence-corrected chi connectivity index (χ4v) is 2.09. The summed E-state index contributed by atoms with van der Waals surface area (Å²) in [6.45, 7) is 0.000342. The Morgan fingerprint density at radius 2 is 1.71 bits per heavy atom. The molecule has 24 heavy (non-hydrogen) atoms. The molecule has 0 saturated heterocycles. The van der Waals surface area contributed by atoms with E-state index in [1.807, 2.05) is 0 Å². The number of hydrogen-bond acceptors (Lipinski definition) is 3. The summed E-state index contributed by atoms with van der Waals surface area (Å²) in [5, 5.41) is 6.25. The van der Waals surface area contributed by atoms with E-state index < -0.39 is 17.5 Å². The normalized spacial score (nSPS) is 10.6. The maximum absolute atomic E-state index is 13.5. The fourth-order valence-electron chi connectivity index (χ4n) is 2.09. The van der Waals surface area contributed by atoms with E-state index in [9.17, 15) is 18.0 Å². The maximum atomic E-state index is 13.5. The van der Waals surface area contributed by atoms with E-state index in [1.165, 1.54) is 24.3 Å². The third-order valence-corrected chi connectivity index (χ3v) is 3.29. The van der Waals surface area contributed by atoms with Gasteiger partial charge in [0.1, 0.15) is 23.1 Å². The first-order valence-corrected chi connectivity index (χ1v) is 6.98. The highest BCUT2D eigenvalue weighted by Gasteiger charge is 2.13. The van der Waals surface area contributed by atoms with Crippen molar-refractivity contribution in [2.45, 2.75) is 6.54 Å². The summed E-state index contributed by atoms with van der Waals surface area (Å²) in [6.07, 6.45) is 0. The van der Waals surface area contributed by atoms with E-state index in [1.54, 1.807) is 6.07 Å². The zero-order chi connectivity index (χ0) is 17.1. The lowest BCUT2D eigenvalue weighted by molar-refractivity contribution is 0.0946. The third kappa shape index (κ3) is 3.45. The van der Waals surface area contributed by atoms with Crippen molar-refractivity contribution in [3.8, 4) is 11.3 Å². The summed E-state index contributed by atoms with van der Waals surface area (Å²) in [5.74, 6) is -2.36. The summed E-state index contributed by atoms with van der Waals surface area (Å²) in [6, 6.07) is 9.92. The lowest BCUT2D eigenvalue weighted by atomic mass is 10.1. The zero-order valence-electron chi connectivity index (χ0n) is 12.2. The van der Waals surface area contributed by atoms with Gasteiger partial charge in [0.25, 0.3) is 5.91 Å². The van der Waals surface area contributed by atoms with Crippen molar-refractivity contribution in [2.75, 3.05) is 0 Å². The Morgan fingerprint density at radius 3 is 2.42 bits per heavy atom. The van der Waals surface area contributed by atoms with Crippen LogP contribution in [0.15, 0.2) is 53.1 Å². The van der Waals surface area contributed by atoms with E-state index >= 15 is 0 Å². The molecule has 0 aliphatic carbocycles. The van der Waals surface area contributed by atoms with E-state index in [0.717, 1.165) is 12.1 Å². The molecule has 7 heteroatoms. The van der Waals surface area contributed by atoms with Crippen LogP contribution in [0.2, 0.25) is 0 Å². The first-order valence-electron chi connectivity index (χ1n) is 6.98. The summed E-state index contributed by atoms with van der Waals surface area (Å²) in [7, 11) is 0.